The summed E-state index contributed by atoms with van der Waals surface area (Å²) in [5.74, 6) is 0. The molecule has 0 aliphatic carbocycles. The van der Waals surface area contributed by atoms with Crippen molar-refractivity contribution in [1.29, 1.82) is 0 Å². The second-order valence-corrected chi connectivity index (χ2v) is 12.1. The van der Waals surface area contributed by atoms with Gasteiger partial charge in [-0.2, -0.15) is 0 Å². The van der Waals surface area contributed by atoms with E-state index in [0.29, 0.717) is 0 Å². The van der Waals surface area contributed by atoms with Crippen LogP contribution in [-0.4, -0.2) is 70.5 Å². The molecule has 4 N–H and O–H groups in total. The van der Waals surface area contributed by atoms with Crippen LogP contribution in [0.25, 0.3) is 0 Å². The van der Waals surface area contributed by atoms with E-state index in [1.165, 1.54) is 22.3 Å². The first-order chi connectivity index (χ1) is 21.6. The lowest BCUT2D eigenvalue weighted by Crippen LogP contribution is -2.53. The monoisotopic (exact) mass is 592 g/mol. The molecule has 232 valence electrons. The van der Waals surface area contributed by atoms with E-state index in [0.717, 1.165) is 65.2 Å². The minimum absolute atomic E-state index is 0.137. The molecule has 0 radical (unpaired) electrons. The molecule has 0 bridgehead atoms. The molecule has 2 heterocycles. The maximum atomic E-state index is 10.2. The Morgan fingerprint density at radius 3 is 1.14 bits per heavy atom. The summed E-state index contributed by atoms with van der Waals surface area (Å²) in [4.78, 5) is 4.84. The standard InChI is InChI=1S/2C19H24N2O/c2*22-19-11-12-21(14-17-9-5-2-6-10-17)15-18(19)20-13-16-7-3-1-4-8-16/h2*1-10,18-20,22H,11-15H2/t2*18-,19-/m00/s1. The van der Waals surface area contributed by atoms with Gasteiger partial charge >= 0.3 is 0 Å². The third-order valence-corrected chi connectivity index (χ3v) is 8.64. The van der Waals surface area contributed by atoms with Crippen LogP contribution in [0.1, 0.15) is 35.1 Å². The molecule has 0 saturated carbocycles. The van der Waals surface area contributed by atoms with Crippen molar-refractivity contribution < 1.29 is 10.2 Å². The summed E-state index contributed by atoms with van der Waals surface area (Å²) in [5, 5.41) is 27.5. The molecule has 6 rings (SSSR count). The largest absolute Gasteiger partial charge is 0.391 e. The molecule has 0 unspecified atom stereocenters. The number of nitrogens with one attached hydrogen (secondary N) is 2. The van der Waals surface area contributed by atoms with Gasteiger partial charge in [-0.05, 0) is 35.1 Å². The summed E-state index contributed by atoms with van der Waals surface area (Å²) < 4.78 is 0. The maximum absolute atomic E-state index is 10.2. The summed E-state index contributed by atoms with van der Waals surface area (Å²) in [7, 11) is 0. The van der Waals surface area contributed by atoms with E-state index in [9.17, 15) is 10.2 Å². The van der Waals surface area contributed by atoms with Crippen molar-refractivity contribution in [1.82, 2.24) is 20.4 Å². The van der Waals surface area contributed by atoms with Crippen LogP contribution >= 0.6 is 0 Å². The molecular weight excluding hydrogens is 544 g/mol. The number of hydrogen-bond donors (Lipinski definition) is 4. The topological polar surface area (TPSA) is 71.0 Å². The van der Waals surface area contributed by atoms with Crippen LogP contribution in [-0.2, 0) is 26.2 Å². The number of rotatable bonds is 10. The van der Waals surface area contributed by atoms with Gasteiger partial charge in [0.15, 0.2) is 0 Å². The molecule has 0 amide bonds. The zero-order chi connectivity index (χ0) is 30.4. The van der Waals surface area contributed by atoms with Crippen LogP contribution in [0.5, 0.6) is 0 Å². The zero-order valence-electron chi connectivity index (χ0n) is 25.7. The van der Waals surface area contributed by atoms with E-state index < -0.39 is 0 Å². The van der Waals surface area contributed by atoms with E-state index in [4.69, 9.17) is 0 Å². The highest BCUT2D eigenvalue weighted by molar-refractivity contribution is 5.17. The zero-order valence-corrected chi connectivity index (χ0v) is 25.7. The van der Waals surface area contributed by atoms with Crippen LogP contribution in [0, 0.1) is 0 Å². The fraction of sp³-hybridized carbons (Fsp3) is 0.368. The van der Waals surface area contributed by atoms with Gasteiger partial charge in [-0.25, -0.2) is 0 Å². The van der Waals surface area contributed by atoms with Gasteiger partial charge < -0.3 is 20.8 Å². The fourth-order valence-electron chi connectivity index (χ4n) is 6.08. The van der Waals surface area contributed by atoms with Crippen LogP contribution in [0.2, 0.25) is 0 Å². The number of nitrogens with zero attached hydrogens (tertiary/aromatic N) is 2. The van der Waals surface area contributed by atoms with Crippen LogP contribution in [0.4, 0.5) is 0 Å². The van der Waals surface area contributed by atoms with Gasteiger partial charge in [-0.15, -0.1) is 0 Å². The number of benzene rings is 4. The summed E-state index contributed by atoms with van der Waals surface area (Å²) in [6.45, 7) is 7.22. The van der Waals surface area contributed by atoms with Gasteiger partial charge in [0.05, 0.1) is 12.2 Å². The highest BCUT2D eigenvalue weighted by atomic mass is 16.3. The summed E-state index contributed by atoms with van der Waals surface area (Å²) in [5.41, 5.74) is 5.19. The molecule has 6 heteroatoms. The molecule has 44 heavy (non-hydrogen) atoms. The Balaban J connectivity index is 0.000000175. The Kier molecular flexibility index (Phi) is 12.5. The minimum atomic E-state index is -0.254. The Hall–Kier alpha value is -3.36. The number of likely N-dealkylation sites (tertiary alicyclic amines) is 2. The SMILES string of the molecule is O[C@H]1CCN(Cc2ccccc2)C[C@@H]1NCc1ccccc1.O[C@H]1CCN(Cc2ccccc2)C[C@@H]1NCc1ccccc1. The molecule has 2 aliphatic rings. The van der Waals surface area contributed by atoms with Gasteiger partial charge in [0, 0.05) is 64.4 Å². The maximum Gasteiger partial charge on any atom is 0.0718 e. The minimum Gasteiger partial charge on any atom is -0.391 e. The Labute approximate surface area is 263 Å². The fourth-order valence-corrected chi connectivity index (χ4v) is 6.08. The Morgan fingerprint density at radius 1 is 0.477 bits per heavy atom. The number of piperidine rings is 2. The highest BCUT2D eigenvalue weighted by Gasteiger charge is 2.28. The van der Waals surface area contributed by atoms with Crippen molar-refractivity contribution in [3.05, 3.63) is 144 Å². The van der Waals surface area contributed by atoms with E-state index >= 15 is 0 Å². The van der Waals surface area contributed by atoms with Crippen LogP contribution in [0.15, 0.2) is 121 Å². The molecule has 4 aromatic carbocycles. The lowest BCUT2D eigenvalue weighted by atomic mass is 10.0. The first kappa shape index (κ1) is 32.0. The lowest BCUT2D eigenvalue weighted by molar-refractivity contribution is 0.0437. The molecule has 6 nitrogen and oxygen atoms in total. The molecule has 0 aromatic heterocycles. The van der Waals surface area contributed by atoms with Gasteiger partial charge in [0.2, 0.25) is 0 Å². The molecule has 4 atom stereocenters. The molecule has 0 spiro atoms. The average molecular weight is 593 g/mol. The van der Waals surface area contributed by atoms with Crippen molar-refractivity contribution in [2.45, 2.75) is 63.3 Å². The third-order valence-electron chi connectivity index (χ3n) is 8.64. The highest BCUT2D eigenvalue weighted by Crippen LogP contribution is 2.16. The van der Waals surface area contributed by atoms with Crippen LogP contribution in [0.3, 0.4) is 0 Å². The predicted molar refractivity (Wildman–Crippen MR) is 179 cm³/mol. The Morgan fingerprint density at radius 2 is 0.795 bits per heavy atom. The van der Waals surface area contributed by atoms with Gasteiger partial charge in [0.25, 0.3) is 0 Å². The summed E-state index contributed by atoms with van der Waals surface area (Å²) in [6, 6.07) is 42.1. The van der Waals surface area contributed by atoms with E-state index in [2.05, 4.69) is 117 Å². The van der Waals surface area contributed by atoms with Crippen molar-refractivity contribution in [3.8, 4) is 0 Å². The van der Waals surface area contributed by atoms with Crippen molar-refractivity contribution in [3.63, 3.8) is 0 Å². The lowest BCUT2D eigenvalue weighted by Gasteiger charge is -2.36. The number of hydrogen-bond acceptors (Lipinski definition) is 6. The number of aliphatic hydroxyl groups is 2. The molecule has 2 fully saturated rings. The van der Waals surface area contributed by atoms with Crippen LogP contribution < -0.4 is 10.6 Å². The average Bonchev–Trinajstić information content (AvgIpc) is 3.07. The molecule has 4 aromatic rings. The van der Waals surface area contributed by atoms with Crippen molar-refractivity contribution in [2.75, 3.05) is 26.2 Å². The van der Waals surface area contributed by atoms with E-state index in [1.807, 2.05) is 24.3 Å². The molecule has 2 saturated heterocycles. The molecular formula is C38H48N4O2. The molecule has 2 aliphatic heterocycles. The quantitative estimate of drug-likeness (QED) is 0.212. The summed E-state index contributed by atoms with van der Waals surface area (Å²) in [6.07, 6.45) is 1.16. The second kappa shape index (κ2) is 17.2. The predicted octanol–water partition coefficient (Wildman–Crippen LogP) is 4.82. The van der Waals surface area contributed by atoms with Gasteiger partial charge in [0.1, 0.15) is 0 Å². The normalized spacial score (nSPS) is 22.6. The summed E-state index contributed by atoms with van der Waals surface area (Å²) >= 11 is 0. The van der Waals surface area contributed by atoms with Gasteiger partial charge in [-0.3, -0.25) is 9.80 Å². The first-order valence-corrected chi connectivity index (χ1v) is 16.1. The second-order valence-electron chi connectivity index (χ2n) is 12.1. The van der Waals surface area contributed by atoms with E-state index in [-0.39, 0.29) is 24.3 Å². The number of aliphatic hydroxyl groups excluding tert-OH is 2. The third kappa shape index (κ3) is 10.4. The van der Waals surface area contributed by atoms with E-state index in [1.54, 1.807) is 0 Å². The van der Waals surface area contributed by atoms with Gasteiger partial charge in [-0.1, -0.05) is 121 Å². The van der Waals surface area contributed by atoms with Crippen molar-refractivity contribution >= 4 is 0 Å². The smallest absolute Gasteiger partial charge is 0.0718 e. The first-order valence-electron chi connectivity index (χ1n) is 16.1. The van der Waals surface area contributed by atoms with Crippen molar-refractivity contribution in [2.24, 2.45) is 0 Å². The Bertz CT molecular complexity index is 1220.